The lowest BCUT2D eigenvalue weighted by atomic mass is 10.0. The van der Waals surface area contributed by atoms with E-state index in [1.54, 1.807) is 0 Å². The van der Waals surface area contributed by atoms with Gasteiger partial charge in [0, 0.05) is 12.8 Å². The average Bonchev–Trinajstić information content (AvgIpc) is 3.41. The van der Waals surface area contributed by atoms with Crippen LogP contribution >= 0.6 is 0 Å². The molecule has 0 aromatic rings. The molecular formula is C69H121NO8. The van der Waals surface area contributed by atoms with E-state index in [0.29, 0.717) is 17.4 Å². The van der Waals surface area contributed by atoms with Crippen molar-refractivity contribution in [3.63, 3.8) is 0 Å². The fraction of sp³-hybridized carbons (Fsp3) is 0.754. The normalized spacial score (nSPS) is 13.3. The van der Waals surface area contributed by atoms with Crippen LogP contribution in [-0.2, 0) is 33.3 Å². The highest BCUT2D eigenvalue weighted by molar-refractivity contribution is 5.70. The zero-order valence-corrected chi connectivity index (χ0v) is 51.3. The van der Waals surface area contributed by atoms with Crippen molar-refractivity contribution in [2.45, 2.75) is 289 Å². The lowest BCUT2D eigenvalue weighted by molar-refractivity contribution is -0.870. The molecule has 0 saturated heterocycles. The van der Waals surface area contributed by atoms with Crippen LogP contribution in [0.15, 0.2) is 85.1 Å². The number of aliphatic carboxylic acids is 1. The van der Waals surface area contributed by atoms with Gasteiger partial charge in [-0.3, -0.25) is 9.59 Å². The van der Waals surface area contributed by atoms with Gasteiger partial charge in [0.15, 0.2) is 12.4 Å². The number of nitrogens with zero attached hydrogens (tertiary/aromatic N) is 1. The smallest absolute Gasteiger partial charge is 0.306 e. The molecule has 0 radical (unpaired) electrons. The van der Waals surface area contributed by atoms with Crippen LogP contribution in [-0.4, -0.2) is 82.3 Å². The van der Waals surface area contributed by atoms with E-state index in [0.717, 1.165) is 89.9 Å². The molecule has 2 atom stereocenters. The van der Waals surface area contributed by atoms with Crippen LogP contribution in [0.3, 0.4) is 0 Å². The maximum Gasteiger partial charge on any atom is 0.306 e. The topological polar surface area (TPSA) is 111 Å². The van der Waals surface area contributed by atoms with Crippen LogP contribution < -0.4 is 5.11 Å². The molecule has 2 unspecified atom stereocenters. The zero-order chi connectivity index (χ0) is 56.9. The van der Waals surface area contributed by atoms with Crippen LogP contribution in [0.4, 0.5) is 0 Å². The van der Waals surface area contributed by atoms with E-state index >= 15 is 0 Å². The van der Waals surface area contributed by atoms with E-state index in [9.17, 15) is 19.5 Å². The van der Waals surface area contributed by atoms with Crippen molar-refractivity contribution in [1.82, 2.24) is 0 Å². The summed E-state index contributed by atoms with van der Waals surface area (Å²) in [6.07, 6.45) is 76.6. The van der Waals surface area contributed by atoms with Crippen molar-refractivity contribution < 1.29 is 42.9 Å². The van der Waals surface area contributed by atoms with Crippen LogP contribution in [0.5, 0.6) is 0 Å². The largest absolute Gasteiger partial charge is 0.545 e. The molecule has 0 aliphatic rings. The maximum atomic E-state index is 12.9. The second kappa shape index (κ2) is 59.6. The van der Waals surface area contributed by atoms with Gasteiger partial charge in [0.2, 0.25) is 0 Å². The summed E-state index contributed by atoms with van der Waals surface area (Å²) in [4.78, 5) is 37.3. The van der Waals surface area contributed by atoms with Crippen LogP contribution in [0.2, 0.25) is 0 Å². The van der Waals surface area contributed by atoms with Crippen molar-refractivity contribution in [3.05, 3.63) is 85.1 Å². The number of ether oxygens (including phenoxy) is 4. The Kier molecular flexibility index (Phi) is 56.9. The molecule has 450 valence electrons. The first-order valence-electron chi connectivity index (χ1n) is 32.2. The van der Waals surface area contributed by atoms with Crippen molar-refractivity contribution in [2.75, 3.05) is 47.5 Å². The van der Waals surface area contributed by atoms with Gasteiger partial charge in [-0.05, 0) is 89.9 Å². The fourth-order valence-corrected chi connectivity index (χ4v) is 8.95. The molecule has 0 heterocycles. The number of esters is 2. The van der Waals surface area contributed by atoms with Crippen molar-refractivity contribution in [1.29, 1.82) is 0 Å². The summed E-state index contributed by atoms with van der Waals surface area (Å²) in [7, 11) is 5.92. The van der Waals surface area contributed by atoms with Gasteiger partial charge in [0.05, 0.1) is 40.3 Å². The standard InChI is InChI=1S/C69H121NO8/c1-6-8-10-12-14-16-18-20-22-23-24-25-26-27-28-29-30-31-32-33-34-35-36-37-38-39-40-41-42-43-44-45-46-48-50-52-54-56-58-60-67(72)78-65(64-77-69(68(73)74)75-62-61-70(3,4)5)63-76-66(71)59-57-55-53-51-49-47-21-19-17-15-13-11-9-7-2/h8,10,14,16,19-22,24-25,27-28,30-31,65,69H,6-7,9,11-13,15,17-18,23,26,29,32-64H2,1-5H3/b10-8-,16-14-,21-19-,22-20-,25-24-,28-27-,31-30-. The number of unbranched alkanes of at least 4 members (excludes halogenated alkanes) is 30. The monoisotopic (exact) mass is 1090 g/mol. The molecule has 0 aliphatic carbocycles. The quantitative estimate of drug-likeness (QED) is 0.0195. The molecule has 0 bridgehead atoms. The Morgan fingerprint density at radius 2 is 0.731 bits per heavy atom. The summed E-state index contributed by atoms with van der Waals surface area (Å²) in [5.41, 5.74) is 0. The second-order valence-corrected chi connectivity index (χ2v) is 22.7. The van der Waals surface area contributed by atoms with E-state index < -0.39 is 24.3 Å². The van der Waals surface area contributed by atoms with E-state index in [1.165, 1.54) is 154 Å². The number of allylic oxidation sites excluding steroid dienone is 14. The Morgan fingerprint density at radius 1 is 0.397 bits per heavy atom. The number of carbonyl (C=O) groups excluding carboxylic acids is 3. The molecule has 0 N–H and O–H groups in total. The molecule has 0 aromatic carbocycles. The molecule has 0 fully saturated rings. The summed E-state index contributed by atoms with van der Waals surface area (Å²) in [5, 5.41) is 11.8. The van der Waals surface area contributed by atoms with Gasteiger partial charge in [-0.15, -0.1) is 0 Å². The summed E-state index contributed by atoms with van der Waals surface area (Å²) < 4.78 is 22.7. The Hall–Kier alpha value is -3.53. The predicted molar refractivity (Wildman–Crippen MR) is 329 cm³/mol. The number of carbonyl (C=O) groups is 3. The lowest BCUT2D eigenvalue weighted by Gasteiger charge is -2.26. The number of carboxylic acid groups (broad SMARTS) is 1. The van der Waals surface area contributed by atoms with Crippen LogP contribution in [0.1, 0.15) is 277 Å². The molecule has 0 spiro atoms. The number of quaternary nitrogens is 1. The molecule has 0 aliphatic heterocycles. The van der Waals surface area contributed by atoms with Gasteiger partial charge >= 0.3 is 11.9 Å². The highest BCUT2D eigenvalue weighted by Gasteiger charge is 2.22. The predicted octanol–water partition coefficient (Wildman–Crippen LogP) is 18.2. The second-order valence-electron chi connectivity index (χ2n) is 22.7. The molecule has 0 amide bonds. The third-order valence-electron chi connectivity index (χ3n) is 13.9. The Balaban J connectivity index is 4.00. The fourth-order valence-electron chi connectivity index (χ4n) is 8.95. The molecule has 9 heteroatoms. The third kappa shape index (κ3) is 60.1. The van der Waals surface area contributed by atoms with E-state index in [1.807, 2.05) is 21.1 Å². The first-order chi connectivity index (χ1) is 38.1. The molecular weight excluding hydrogens is 971 g/mol. The molecule has 78 heavy (non-hydrogen) atoms. The number of hydrogen-bond acceptors (Lipinski definition) is 8. The summed E-state index contributed by atoms with van der Waals surface area (Å²) in [5.74, 6) is -2.28. The summed E-state index contributed by atoms with van der Waals surface area (Å²) >= 11 is 0. The number of hydrogen-bond donors (Lipinski definition) is 0. The van der Waals surface area contributed by atoms with Crippen molar-refractivity contribution in [2.24, 2.45) is 0 Å². The van der Waals surface area contributed by atoms with Gasteiger partial charge in [-0.25, -0.2) is 0 Å². The molecule has 0 rings (SSSR count). The van der Waals surface area contributed by atoms with E-state index in [-0.39, 0.29) is 38.6 Å². The SMILES string of the molecule is CC/C=C\C/C=C\C/C=C\C/C=C\C/C=C\C/C=C\CCCCCCCCCCCCCCCCCCCCCCC(=O)OC(COC(=O)CCCCCCC/C=C\CCCCCCC)COC(OCC[N+](C)(C)C)C(=O)[O-]. The minimum atomic E-state index is -1.62. The van der Waals surface area contributed by atoms with Gasteiger partial charge in [-0.1, -0.05) is 259 Å². The first-order valence-corrected chi connectivity index (χ1v) is 32.2. The highest BCUT2D eigenvalue weighted by Crippen LogP contribution is 2.17. The van der Waals surface area contributed by atoms with Gasteiger partial charge < -0.3 is 33.3 Å². The zero-order valence-electron chi connectivity index (χ0n) is 51.3. The summed E-state index contributed by atoms with van der Waals surface area (Å²) in [6.45, 7) is 4.63. The summed E-state index contributed by atoms with van der Waals surface area (Å²) in [6, 6.07) is 0. The first kappa shape index (κ1) is 74.5. The van der Waals surface area contributed by atoms with Crippen molar-refractivity contribution >= 4 is 17.9 Å². The van der Waals surface area contributed by atoms with E-state index in [2.05, 4.69) is 98.9 Å². The Labute approximate surface area is 480 Å². The highest BCUT2D eigenvalue weighted by atomic mass is 16.7. The average molecular weight is 1090 g/mol. The number of rotatable bonds is 59. The van der Waals surface area contributed by atoms with Crippen LogP contribution in [0.25, 0.3) is 0 Å². The van der Waals surface area contributed by atoms with Crippen molar-refractivity contribution in [3.8, 4) is 0 Å². The van der Waals surface area contributed by atoms with Gasteiger partial charge in [0.25, 0.3) is 0 Å². The third-order valence-corrected chi connectivity index (χ3v) is 13.9. The van der Waals surface area contributed by atoms with E-state index in [4.69, 9.17) is 18.9 Å². The molecule has 0 aromatic heterocycles. The van der Waals surface area contributed by atoms with Crippen LogP contribution in [0, 0.1) is 0 Å². The van der Waals surface area contributed by atoms with Gasteiger partial charge in [-0.2, -0.15) is 0 Å². The minimum absolute atomic E-state index is 0.146. The lowest BCUT2D eigenvalue weighted by Crippen LogP contribution is -2.44. The minimum Gasteiger partial charge on any atom is -0.545 e. The molecule has 9 nitrogen and oxygen atoms in total. The number of likely N-dealkylation sites (N-methyl/N-ethyl adjacent to an activating group) is 1. The maximum absolute atomic E-state index is 12.9. The Morgan fingerprint density at radius 3 is 1.10 bits per heavy atom. The number of carboxylic acids is 1. The Bertz CT molecular complexity index is 1550. The molecule has 0 saturated carbocycles. The van der Waals surface area contributed by atoms with Gasteiger partial charge in [0.1, 0.15) is 13.2 Å².